The summed E-state index contributed by atoms with van der Waals surface area (Å²) in [7, 11) is 1.82. The van der Waals surface area contributed by atoms with Gasteiger partial charge in [-0.2, -0.15) is 16.9 Å². The van der Waals surface area contributed by atoms with Crippen LogP contribution in [0.25, 0.3) is 32.8 Å². The summed E-state index contributed by atoms with van der Waals surface area (Å²) in [6.45, 7) is 1.22. The maximum atomic E-state index is 14.3. The number of rotatable bonds is 1. The van der Waals surface area contributed by atoms with Gasteiger partial charge in [0.2, 0.25) is 0 Å². The molecule has 6 aromatic rings. The fraction of sp³-hybridized carbons (Fsp3) is 0.270. The van der Waals surface area contributed by atoms with Crippen LogP contribution in [0.1, 0.15) is 51.5 Å². The molecule has 0 saturated carbocycles. The molecular weight excluding hydrogens is 667 g/mol. The van der Waals surface area contributed by atoms with Crippen molar-refractivity contribution in [2.24, 2.45) is 7.05 Å². The molecule has 0 radical (unpaired) electrons. The molecule has 0 saturated heterocycles. The van der Waals surface area contributed by atoms with Crippen LogP contribution in [0.4, 0.5) is 4.39 Å². The van der Waals surface area contributed by atoms with E-state index in [1.807, 2.05) is 37.5 Å². The van der Waals surface area contributed by atoms with E-state index in [2.05, 4.69) is 16.8 Å². The lowest BCUT2D eigenvalue weighted by Gasteiger charge is -2.13. The highest BCUT2D eigenvalue weighted by Crippen LogP contribution is 2.44. The van der Waals surface area contributed by atoms with Gasteiger partial charge < -0.3 is 14.4 Å². The number of aryl methyl sites for hydroxylation is 3. The van der Waals surface area contributed by atoms with Crippen molar-refractivity contribution in [3.8, 4) is 16.9 Å². The van der Waals surface area contributed by atoms with Gasteiger partial charge in [-0.1, -0.05) is 23.7 Å². The lowest BCUT2D eigenvalue weighted by atomic mass is 9.97. The van der Waals surface area contributed by atoms with Gasteiger partial charge in [-0.05, 0) is 84.7 Å². The molecule has 0 spiro atoms. The van der Waals surface area contributed by atoms with Crippen LogP contribution in [-0.2, 0) is 43.7 Å². The highest BCUT2D eigenvalue weighted by molar-refractivity contribution is 7.98. The van der Waals surface area contributed by atoms with E-state index >= 15 is 0 Å². The second-order valence-corrected chi connectivity index (χ2v) is 14.7. The number of nitrogens with zero attached hydrogens (tertiary/aromatic N) is 4. The molecular formula is C37H32ClFN4O3S2. The minimum atomic E-state index is -0.981. The van der Waals surface area contributed by atoms with Crippen LogP contribution in [0, 0.1) is 5.82 Å². The maximum absolute atomic E-state index is 14.3. The number of fused-ring (bicyclic) bond motifs is 10. The Morgan fingerprint density at radius 3 is 2.71 bits per heavy atom. The molecule has 0 unspecified atom stereocenters. The molecule has 0 aliphatic carbocycles. The number of carbonyl (C=O) groups is 1. The van der Waals surface area contributed by atoms with E-state index in [0.717, 1.165) is 91.0 Å². The summed E-state index contributed by atoms with van der Waals surface area (Å²) in [6.07, 6.45) is 4.92. The predicted molar refractivity (Wildman–Crippen MR) is 191 cm³/mol. The summed E-state index contributed by atoms with van der Waals surface area (Å²) in [6, 6.07) is 16.7. The number of hydrogen-bond donors (Lipinski definition) is 1. The molecule has 9 rings (SSSR count). The van der Waals surface area contributed by atoms with Crippen molar-refractivity contribution >= 4 is 62.8 Å². The van der Waals surface area contributed by atoms with Gasteiger partial charge in [-0.25, -0.2) is 9.18 Å². The third-order valence-corrected chi connectivity index (χ3v) is 11.6. The zero-order valence-corrected chi connectivity index (χ0v) is 28.7. The average molecular weight is 699 g/mol. The van der Waals surface area contributed by atoms with Gasteiger partial charge in [0.05, 0.1) is 28.5 Å². The fourth-order valence-electron chi connectivity index (χ4n) is 7.10. The van der Waals surface area contributed by atoms with E-state index < -0.39 is 5.97 Å². The lowest BCUT2D eigenvalue weighted by molar-refractivity contribution is 0.0685. The normalized spacial score (nSPS) is 15.2. The van der Waals surface area contributed by atoms with Crippen LogP contribution in [0.5, 0.6) is 5.75 Å². The molecule has 7 nitrogen and oxygen atoms in total. The first-order valence-electron chi connectivity index (χ1n) is 16.0. The number of ether oxygens (including phenoxy) is 1. The van der Waals surface area contributed by atoms with Gasteiger partial charge in [-0.3, -0.25) is 9.67 Å². The van der Waals surface area contributed by atoms with Gasteiger partial charge >= 0.3 is 5.97 Å². The van der Waals surface area contributed by atoms with Crippen LogP contribution < -0.4 is 4.74 Å². The van der Waals surface area contributed by atoms with Gasteiger partial charge in [0.25, 0.3) is 0 Å². The second-order valence-electron chi connectivity index (χ2n) is 12.3. The lowest BCUT2D eigenvalue weighted by Crippen LogP contribution is -2.09. The third-order valence-electron chi connectivity index (χ3n) is 9.23. The Bertz CT molecular complexity index is 2230. The van der Waals surface area contributed by atoms with Crippen molar-refractivity contribution < 1.29 is 19.0 Å². The molecule has 6 heterocycles. The van der Waals surface area contributed by atoms with Crippen molar-refractivity contribution in [2.75, 3.05) is 6.61 Å². The number of aromatic carboxylic acids is 1. The molecule has 244 valence electrons. The van der Waals surface area contributed by atoms with Gasteiger partial charge in [0.15, 0.2) is 0 Å². The molecule has 3 aliphatic rings. The minimum absolute atomic E-state index is 0.252. The van der Waals surface area contributed by atoms with E-state index in [1.165, 1.54) is 12.1 Å². The Balaban J connectivity index is 1.25. The van der Waals surface area contributed by atoms with Crippen molar-refractivity contribution in [3.05, 3.63) is 106 Å². The van der Waals surface area contributed by atoms with Gasteiger partial charge in [0, 0.05) is 69.5 Å². The van der Waals surface area contributed by atoms with Gasteiger partial charge in [-0.15, -0.1) is 11.8 Å². The molecule has 0 amide bonds. The van der Waals surface area contributed by atoms with Crippen LogP contribution >= 0.6 is 35.1 Å². The van der Waals surface area contributed by atoms with Crippen LogP contribution in [0.2, 0.25) is 5.02 Å². The maximum Gasteiger partial charge on any atom is 0.352 e. The number of hydrogen-bond acceptors (Lipinski definition) is 6. The Morgan fingerprint density at radius 2 is 1.88 bits per heavy atom. The molecule has 0 atom stereocenters. The summed E-state index contributed by atoms with van der Waals surface area (Å²) >= 11 is 10.5. The number of aromatic nitrogens is 4. The highest BCUT2D eigenvalue weighted by Gasteiger charge is 2.29. The monoisotopic (exact) mass is 698 g/mol. The summed E-state index contributed by atoms with van der Waals surface area (Å²) < 4.78 is 24.5. The number of carboxylic acid groups (broad SMARTS) is 1. The van der Waals surface area contributed by atoms with Crippen LogP contribution in [-0.4, -0.2) is 37.0 Å². The van der Waals surface area contributed by atoms with E-state index in [0.29, 0.717) is 41.7 Å². The van der Waals surface area contributed by atoms with Crippen molar-refractivity contribution in [3.63, 3.8) is 0 Å². The van der Waals surface area contributed by atoms with Crippen molar-refractivity contribution in [1.82, 2.24) is 19.3 Å². The molecule has 1 N–H and O–H groups in total. The Hall–Kier alpha value is -3.99. The largest absolute Gasteiger partial charge is 0.493 e. The standard InChI is InChI=1S/C37H32ClFN4O3S2/c1-42-35-28-10-11-29(38)33(35)34-30(41-43-12-2-5-31(34)43)20-47-18-21-6-8-24(40-17-21)19-48-25-15-22-14-23(39)7-9-26(22)32(16-25)46-13-3-4-27(28)36(42)37(44)45/h6-11,14-17H,2-5,12-13,18-20H2,1H3,(H,44,45). The number of halogens is 2. The quantitative estimate of drug-likeness (QED) is 0.183. The van der Waals surface area contributed by atoms with Crippen molar-refractivity contribution in [2.45, 2.75) is 54.4 Å². The molecule has 48 heavy (non-hydrogen) atoms. The Kier molecular flexibility index (Phi) is 8.34. The number of pyridine rings is 1. The smallest absolute Gasteiger partial charge is 0.352 e. The molecule has 8 bridgehead atoms. The number of thioether (sulfide) groups is 2. The zero-order chi connectivity index (χ0) is 32.9. The number of benzene rings is 3. The molecule has 3 aliphatic heterocycles. The Labute approximate surface area is 290 Å². The fourth-order valence-corrected chi connectivity index (χ4v) is 9.14. The van der Waals surface area contributed by atoms with Gasteiger partial charge in [0.1, 0.15) is 17.3 Å². The first-order chi connectivity index (χ1) is 23.4. The third kappa shape index (κ3) is 5.63. The van der Waals surface area contributed by atoms with Crippen LogP contribution in [0.15, 0.2) is 65.7 Å². The molecule has 0 fully saturated rings. The topological polar surface area (TPSA) is 82.2 Å². The summed E-state index contributed by atoms with van der Waals surface area (Å²) in [5.74, 6) is 1.51. The summed E-state index contributed by atoms with van der Waals surface area (Å²) in [5.41, 5.74) is 7.90. The highest BCUT2D eigenvalue weighted by atomic mass is 35.5. The predicted octanol–water partition coefficient (Wildman–Crippen LogP) is 9.08. The summed E-state index contributed by atoms with van der Waals surface area (Å²) in [4.78, 5) is 18.5. The first kappa shape index (κ1) is 31.3. The average Bonchev–Trinajstić information content (AvgIpc) is 3.74. The SMILES string of the molecule is Cn1c(C(=O)O)c2c3ccc(Cl)c(c31)-c1c(nn3c1CCC3)CSCc1ccc(nc1)CSc1cc(c3ccc(F)cc3c1)OCCC2. The minimum Gasteiger partial charge on any atom is -0.493 e. The van der Waals surface area contributed by atoms with E-state index in [4.69, 9.17) is 26.4 Å². The van der Waals surface area contributed by atoms with Crippen LogP contribution in [0.3, 0.4) is 0 Å². The molecule has 3 aromatic carbocycles. The van der Waals surface area contributed by atoms with E-state index in [1.54, 1.807) is 34.2 Å². The van der Waals surface area contributed by atoms with Crippen molar-refractivity contribution in [1.29, 1.82) is 0 Å². The van der Waals surface area contributed by atoms with E-state index in [-0.39, 0.29) is 11.5 Å². The second kappa shape index (κ2) is 12.8. The van der Waals surface area contributed by atoms with E-state index in [9.17, 15) is 14.3 Å². The molecule has 3 aromatic heterocycles. The summed E-state index contributed by atoms with van der Waals surface area (Å²) in [5, 5.41) is 18.6. The molecule has 11 heteroatoms. The Morgan fingerprint density at radius 1 is 1.00 bits per heavy atom. The number of carboxylic acids is 1. The zero-order valence-electron chi connectivity index (χ0n) is 26.3. The first-order valence-corrected chi connectivity index (χ1v) is 18.5.